The van der Waals surface area contributed by atoms with Crippen molar-refractivity contribution in [3.05, 3.63) is 28.7 Å². The monoisotopic (exact) mass is 325 g/mol. The Hall–Kier alpha value is -0.910. The number of carbonyl (C=O) groups is 1. The van der Waals surface area contributed by atoms with Crippen LogP contribution in [0.3, 0.4) is 0 Å². The molecule has 0 spiro atoms. The number of anilines is 1. The molecule has 2 rings (SSSR count). The second kappa shape index (κ2) is 6.50. The number of nitrogens with zero attached hydrogens (tertiary/aromatic N) is 1. The third-order valence-corrected chi connectivity index (χ3v) is 3.84. The van der Waals surface area contributed by atoms with Crippen LogP contribution in [0.4, 0.5) is 5.69 Å². The Morgan fingerprint density at radius 3 is 3.05 bits per heavy atom. The molecule has 1 amide bonds. The summed E-state index contributed by atoms with van der Waals surface area (Å²) in [5, 5.41) is 6.35. The molecule has 1 aromatic carbocycles. The number of halogens is 1. The van der Waals surface area contributed by atoms with Gasteiger partial charge in [0.05, 0.1) is 6.54 Å². The van der Waals surface area contributed by atoms with E-state index in [1.807, 2.05) is 24.3 Å². The van der Waals surface area contributed by atoms with Gasteiger partial charge in [0.1, 0.15) is 0 Å². The molecule has 2 N–H and O–H groups in total. The van der Waals surface area contributed by atoms with Crippen molar-refractivity contribution >= 4 is 27.5 Å². The van der Waals surface area contributed by atoms with Gasteiger partial charge in [0.2, 0.25) is 5.91 Å². The van der Waals surface area contributed by atoms with Gasteiger partial charge in [0, 0.05) is 35.3 Å². The van der Waals surface area contributed by atoms with Gasteiger partial charge in [0.25, 0.3) is 0 Å². The number of piperazine rings is 1. The lowest BCUT2D eigenvalue weighted by molar-refractivity contribution is -0.118. The Labute approximate surface area is 122 Å². The van der Waals surface area contributed by atoms with Gasteiger partial charge in [-0.3, -0.25) is 9.69 Å². The van der Waals surface area contributed by atoms with Gasteiger partial charge in [-0.1, -0.05) is 22.0 Å². The van der Waals surface area contributed by atoms with Crippen molar-refractivity contribution in [2.75, 3.05) is 25.0 Å². The maximum atomic E-state index is 12.1. The first-order valence-electron chi connectivity index (χ1n) is 6.57. The van der Waals surface area contributed by atoms with E-state index in [1.165, 1.54) is 0 Å². The zero-order valence-corrected chi connectivity index (χ0v) is 12.9. The minimum atomic E-state index is 0.0408. The topological polar surface area (TPSA) is 44.4 Å². The van der Waals surface area contributed by atoms with E-state index in [4.69, 9.17) is 0 Å². The number of amides is 1. The summed E-state index contributed by atoms with van der Waals surface area (Å²) in [6.45, 7) is 6.58. The highest BCUT2D eigenvalue weighted by Gasteiger charge is 2.23. The maximum Gasteiger partial charge on any atom is 0.238 e. The van der Waals surface area contributed by atoms with E-state index in [9.17, 15) is 4.79 Å². The fraction of sp³-hybridized carbons (Fsp3) is 0.500. The lowest BCUT2D eigenvalue weighted by Crippen LogP contribution is -2.55. The smallest absolute Gasteiger partial charge is 0.238 e. The summed E-state index contributed by atoms with van der Waals surface area (Å²) in [5.41, 5.74) is 0.829. The average Bonchev–Trinajstić information content (AvgIpc) is 2.34. The molecular weight excluding hydrogens is 306 g/mol. The molecule has 2 unspecified atom stereocenters. The van der Waals surface area contributed by atoms with Crippen molar-refractivity contribution in [2.45, 2.75) is 25.9 Å². The molecule has 1 aromatic rings. The fourth-order valence-corrected chi connectivity index (χ4v) is 2.67. The first kappa shape index (κ1) is 14.5. The molecule has 5 heteroatoms. The van der Waals surface area contributed by atoms with E-state index in [2.05, 4.69) is 45.3 Å². The Kier molecular flexibility index (Phi) is 4.96. The molecule has 1 fully saturated rings. The molecule has 1 aliphatic rings. The van der Waals surface area contributed by atoms with Gasteiger partial charge < -0.3 is 10.6 Å². The number of hydrogen-bond acceptors (Lipinski definition) is 3. The van der Waals surface area contributed by atoms with Crippen molar-refractivity contribution in [2.24, 2.45) is 0 Å². The summed E-state index contributed by atoms with van der Waals surface area (Å²) in [5.74, 6) is 0.0408. The Balaban J connectivity index is 1.90. The Morgan fingerprint density at radius 2 is 2.32 bits per heavy atom. The van der Waals surface area contributed by atoms with Crippen LogP contribution >= 0.6 is 15.9 Å². The molecule has 2 atom stereocenters. The number of carbonyl (C=O) groups excluding carboxylic acids is 1. The molecule has 0 bridgehead atoms. The largest absolute Gasteiger partial charge is 0.325 e. The van der Waals surface area contributed by atoms with E-state index in [0.29, 0.717) is 18.6 Å². The normalized spacial score (nSPS) is 24.2. The van der Waals surface area contributed by atoms with Crippen LogP contribution in [0.1, 0.15) is 13.8 Å². The lowest BCUT2D eigenvalue weighted by Gasteiger charge is -2.36. The summed E-state index contributed by atoms with van der Waals surface area (Å²) in [6, 6.07) is 8.48. The number of nitrogens with one attached hydrogen (secondary N) is 2. The summed E-state index contributed by atoms with van der Waals surface area (Å²) >= 11 is 3.40. The number of benzene rings is 1. The molecule has 0 saturated carbocycles. The fourth-order valence-electron chi connectivity index (χ4n) is 2.27. The van der Waals surface area contributed by atoms with E-state index < -0.39 is 0 Å². The maximum absolute atomic E-state index is 12.1. The summed E-state index contributed by atoms with van der Waals surface area (Å²) < 4.78 is 0.967. The molecule has 1 heterocycles. The second-order valence-electron chi connectivity index (χ2n) is 5.15. The summed E-state index contributed by atoms with van der Waals surface area (Å²) in [4.78, 5) is 14.3. The molecule has 0 aliphatic carbocycles. The predicted molar refractivity (Wildman–Crippen MR) is 81.3 cm³/mol. The zero-order valence-electron chi connectivity index (χ0n) is 11.3. The third-order valence-electron chi connectivity index (χ3n) is 3.35. The average molecular weight is 326 g/mol. The van der Waals surface area contributed by atoms with Gasteiger partial charge in [-0.2, -0.15) is 0 Å². The molecule has 0 aromatic heterocycles. The lowest BCUT2D eigenvalue weighted by atomic mass is 10.1. The molecule has 0 radical (unpaired) electrons. The number of rotatable bonds is 3. The molecule has 4 nitrogen and oxygen atoms in total. The predicted octanol–water partition coefficient (Wildman–Crippen LogP) is 2.07. The van der Waals surface area contributed by atoms with Gasteiger partial charge in [-0.15, -0.1) is 0 Å². The van der Waals surface area contributed by atoms with Crippen molar-refractivity contribution in [1.29, 1.82) is 0 Å². The molecule has 104 valence electrons. The Morgan fingerprint density at radius 1 is 1.53 bits per heavy atom. The summed E-state index contributed by atoms with van der Waals surface area (Å²) in [6.07, 6.45) is 0. The molecule has 1 saturated heterocycles. The SMILES string of the molecule is CC1CN(CC(=O)Nc2cccc(Br)c2)C(C)CN1. The van der Waals surface area contributed by atoms with Crippen LogP contribution in [0.15, 0.2) is 28.7 Å². The third kappa shape index (κ3) is 4.30. The van der Waals surface area contributed by atoms with Crippen molar-refractivity contribution in [1.82, 2.24) is 10.2 Å². The second-order valence-corrected chi connectivity index (χ2v) is 6.06. The minimum absolute atomic E-state index is 0.0408. The van der Waals surface area contributed by atoms with E-state index in [1.54, 1.807) is 0 Å². The van der Waals surface area contributed by atoms with E-state index in [-0.39, 0.29) is 5.91 Å². The van der Waals surface area contributed by atoms with Crippen molar-refractivity contribution in [3.63, 3.8) is 0 Å². The van der Waals surface area contributed by atoms with Crippen molar-refractivity contribution in [3.8, 4) is 0 Å². The molecule has 19 heavy (non-hydrogen) atoms. The van der Waals surface area contributed by atoms with Crippen molar-refractivity contribution < 1.29 is 4.79 Å². The van der Waals surface area contributed by atoms with Crippen LogP contribution in [-0.4, -0.2) is 42.5 Å². The Bertz CT molecular complexity index is 452. The number of hydrogen-bond donors (Lipinski definition) is 2. The van der Waals surface area contributed by atoms with Crippen LogP contribution in [0.2, 0.25) is 0 Å². The van der Waals surface area contributed by atoms with Gasteiger partial charge in [-0.05, 0) is 32.0 Å². The van der Waals surface area contributed by atoms with E-state index >= 15 is 0 Å². The zero-order chi connectivity index (χ0) is 13.8. The van der Waals surface area contributed by atoms with Crippen LogP contribution in [0, 0.1) is 0 Å². The van der Waals surface area contributed by atoms with Gasteiger partial charge >= 0.3 is 0 Å². The standard InChI is InChI=1S/C14H20BrN3O/c1-10-8-18(11(2)7-16-10)9-14(19)17-13-5-3-4-12(15)6-13/h3-6,10-11,16H,7-9H2,1-2H3,(H,17,19). The highest BCUT2D eigenvalue weighted by molar-refractivity contribution is 9.10. The highest BCUT2D eigenvalue weighted by Crippen LogP contribution is 2.15. The minimum Gasteiger partial charge on any atom is -0.325 e. The van der Waals surface area contributed by atoms with Crippen LogP contribution < -0.4 is 10.6 Å². The first-order valence-corrected chi connectivity index (χ1v) is 7.37. The van der Waals surface area contributed by atoms with E-state index in [0.717, 1.165) is 23.2 Å². The molecule has 1 aliphatic heterocycles. The van der Waals surface area contributed by atoms with Crippen LogP contribution in [-0.2, 0) is 4.79 Å². The summed E-state index contributed by atoms with van der Waals surface area (Å²) in [7, 11) is 0. The highest BCUT2D eigenvalue weighted by atomic mass is 79.9. The van der Waals surface area contributed by atoms with Crippen LogP contribution in [0.5, 0.6) is 0 Å². The van der Waals surface area contributed by atoms with Gasteiger partial charge in [-0.25, -0.2) is 0 Å². The van der Waals surface area contributed by atoms with Crippen LogP contribution in [0.25, 0.3) is 0 Å². The first-order chi connectivity index (χ1) is 9.04. The quantitative estimate of drug-likeness (QED) is 0.894. The molecular formula is C14H20BrN3O. The van der Waals surface area contributed by atoms with Gasteiger partial charge in [0.15, 0.2) is 0 Å².